The van der Waals surface area contributed by atoms with Crippen LogP contribution in [-0.2, 0) is 14.5 Å². The molecule has 0 radical (unpaired) electrons. The van der Waals surface area contributed by atoms with Crippen LogP contribution in [0.15, 0.2) is 30.3 Å². The first-order chi connectivity index (χ1) is 10.8. The maximum atomic E-state index is 6.38. The summed E-state index contributed by atoms with van der Waals surface area (Å²) < 4.78 is 6.38. The van der Waals surface area contributed by atoms with Gasteiger partial charge in [0.25, 0.3) is 0 Å². The number of allylic oxidation sites excluding steroid dienone is 1. The normalized spacial score (nSPS) is 30.7. The van der Waals surface area contributed by atoms with Crippen molar-refractivity contribution in [3.05, 3.63) is 40.9 Å². The molecule has 1 aromatic carbocycles. The molecule has 0 aromatic heterocycles. The highest BCUT2D eigenvalue weighted by Crippen LogP contribution is 2.43. The minimum Gasteiger partial charge on any atom is -0.341 e. The molecule has 2 atom stereocenters. The molecule has 3 nitrogen and oxygen atoms in total. The van der Waals surface area contributed by atoms with Crippen molar-refractivity contribution in [2.45, 2.75) is 62.9 Å². The quantitative estimate of drug-likeness (QED) is 0.689. The zero-order valence-electron chi connectivity index (χ0n) is 12.6. The molecule has 3 aliphatic rings. The molecule has 118 valence electrons. The Morgan fingerprint density at radius 3 is 2.59 bits per heavy atom. The Hall–Kier alpha value is -0.870. The number of benzene rings is 1. The van der Waals surface area contributed by atoms with Crippen molar-refractivity contribution < 1.29 is 14.5 Å². The average Bonchev–Trinajstić information content (AvgIpc) is 2.56. The largest absolute Gasteiger partial charge is 0.341 e. The van der Waals surface area contributed by atoms with Gasteiger partial charge in [-0.2, -0.15) is 0 Å². The van der Waals surface area contributed by atoms with Crippen LogP contribution in [0.25, 0.3) is 5.57 Å². The van der Waals surface area contributed by atoms with Crippen LogP contribution in [0.5, 0.6) is 0 Å². The third kappa shape index (κ3) is 2.71. The fraction of sp³-hybridized carbons (Fsp3) is 0.556. The Kier molecular flexibility index (Phi) is 3.99. The third-order valence-electron chi connectivity index (χ3n) is 4.92. The molecular weight excluding hydrogens is 300 g/mol. The van der Waals surface area contributed by atoms with Crippen molar-refractivity contribution >= 4 is 17.2 Å². The van der Waals surface area contributed by atoms with Crippen LogP contribution >= 0.6 is 11.6 Å². The van der Waals surface area contributed by atoms with Crippen LogP contribution in [0.3, 0.4) is 0 Å². The molecule has 4 rings (SSSR count). The molecule has 1 saturated heterocycles. The molecule has 0 N–H and O–H groups in total. The number of rotatable bonds is 1. The minimum atomic E-state index is -0.498. The molecule has 1 aromatic rings. The molecule has 1 heterocycles. The van der Waals surface area contributed by atoms with Gasteiger partial charge in [0.2, 0.25) is 5.79 Å². The van der Waals surface area contributed by atoms with Crippen molar-refractivity contribution in [1.82, 2.24) is 0 Å². The van der Waals surface area contributed by atoms with E-state index in [0.717, 1.165) is 54.7 Å². The summed E-state index contributed by atoms with van der Waals surface area (Å²) in [6.45, 7) is 0. The summed E-state index contributed by atoms with van der Waals surface area (Å²) in [7, 11) is 0. The molecular formula is C18H21ClO3. The fourth-order valence-corrected chi connectivity index (χ4v) is 3.88. The Labute approximate surface area is 136 Å². The monoisotopic (exact) mass is 320 g/mol. The number of ether oxygens (including phenoxy) is 1. The first kappa shape index (κ1) is 14.7. The zero-order valence-corrected chi connectivity index (χ0v) is 13.3. The van der Waals surface area contributed by atoms with Crippen LogP contribution < -0.4 is 0 Å². The molecule has 22 heavy (non-hydrogen) atoms. The van der Waals surface area contributed by atoms with E-state index in [4.69, 9.17) is 26.1 Å². The van der Waals surface area contributed by atoms with E-state index in [1.54, 1.807) is 0 Å². The number of halogens is 1. The van der Waals surface area contributed by atoms with Crippen LogP contribution in [0.2, 0.25) is 5.02 Å². The van der Waals surface area contributed by atoms with E-state index in [9.17, 15) is 0 Å². The molecule has 0 amide bonds. The van der Waals surface area contributed by atoms with Gasteiger partial charge in [0.1, 0.15) is 6.10 Å². The maximum Gasteiger partial charge on any atom is 0.201 e. The highest BCUT2D eigenvalue weighted by Gasteiger charge is 2.47. The number of hydrogen-bond acceptors (Lipinski definition) is 3. The van der Waals surface area contributed by atoms with Crippen LogP contribution in [0.4, 0.5) is 0 Å². The smallest absolute Gasteiger partial charge is 0.201 e. The average molecular weight is 321 g/mol. The minimum absolute atomic E-state index is 0.0857. The van der Waals surface area contributed by atoms with Gasteiger partial charge in [-0.1, -0.05) is 36.2 Å². The second kappa shape index (κ2) is 5.97. The van der Waals surface area contributed by atoms with Gasteiger partial charge in [0, 0.05) is 17.9 Å². The van der Waals surface area contributed by atoms with Crippen molar-refractivity contribution in [2.24, 2.45) is 0 Å². The van der Waals surface area contributed by atoms with Gasteiger partial charge in [0.05, 0.1) is 6.10 Å². The van der Waals surface area contributed by atoms with Crippen molar-refractivity contribution in [3.8, 4) is 0 Å². The fourth-order valence-electron chi connectivity index (χ4n) is 3.76. The second-order valence-electron chi connectivity index (χ2n) is 6.47. The Morgan fingerprint density at radius 2 is 1.82 bits per heavy atom. The summed E-state index contributed by atoms with van der Waals surface area (Å²) in [5.74, 6) is -0.498. The standard InChI is InChI=1S/C18H21ClO3/c19-14-9-7-13(8-10-14)15-5-4-6-16-17(15)21-22-18(20-16)11-2-1-3-12-18/h5,7-10,16-17H,1-4,6,11-12H2/t16-,17-/m0/s1. The van der Waals surface area contributed by atoms with E-state index in [2.05, 4.69) is 6.08 Å². The molecule has 1 aliphatic heterocycles. The highest BCUT2D eigenvalue weighted by molar-refractivity contribution is 6.30. The molecule has 0 bridgehead atoms. The lowest BCUT2D eigenvalue weighted by molar-refractivity contribution is -0.499. The first-order valence-corrected chi connectivity index (χ1v) is 8.62. The van der Waals surface area contributed by atoms with Crippen molar-refractivity contribution in [1.29, 1.82) is 0 Å². The summed E-state index contributed by atoms with van der Waals surface area (Å²) in [4.78, 5) is 11.6. The van der Waals surface area contributed by atoms with E-state index in [1.165, 1.54) is 6.42 Å². The molecule has 0 unspecified atom stereocenters. The Morgan fingerprint density at radius 1 is 1.05 bits per heavy atom. The van der Waals surface area contributed by atoms with Crippen LogP contribution in [0, 0.1) is 0 Å². The van der Waals surface area contributed by atoms with E-state index in [-0.39, 0.29) is 12.2 Å². The Bertz CT molecular complexity index is 560. The van der Waals surface area contributed by atoms with Gasteiger partial charge in [-0.25, -0.2) is 9.78 Å². The lowest BCUT2D eigenvalue weighted by Gasteiger charge is -2.46. The predicted octanol–water partition coefficient (Wildman–Crippen LogP) is 4.89. The van der Waals surface area contributed by atoms with Gasteiger partial charge < -0.3 is 4.74 Å². The number of hydrogen-bond donors (Lipinski definition) is 0. The van der Waals surface area contributed by atoms with Crippen LogP contribution in [-0.4, -0.2) is 18.0 Å². The molecule has 4 heteroatoms. The molecule has 1 saturated carbocycles. The molecule has 1 spiro atoms. The Balaban J connectivity index is 1.55. The van der Waals surface area contributed by atoms with Gasteiger partial charge in [-0.15, -0.1) is 0 Å². The summed E-state index contributed by atoms with van der Waals surface area (Å²) in [5, 5.41) is 0.745. The topological polar surface area (TPSA) is 27.7 Å². The lowest BCUT2D eigenvalue weighted by Crippen LogP contribution is -2.52. The zero-order chi connectivity index (χ0) is 15.0. The highest BCUT2D eigenvalue weighted by atomic mass is 35.5. The van der Waals surface area contributed by atoms with E-state index < -0.39 is 5.79 Å². The number of fused-ring (bicyclic) bond motifs is 1. The maximum absolute atomic E-state index is 6.38. The third-order valence-corrected chi connectivity index (χ3v) is 5.17. The second-order valence-corrected chi connectivity index (χ2v) is 6.91. The van der Waals surface area contributed by atoms with Crippen molar-refractivity contribution in [3.63, 3.8) is 0 Å². The van der Waals surface area contributed by atoms with Gasteiger partial charge in [-0.3, -0.25) is 0 Å². The predicted molar refractivity (Wildman–Crippen MR) is 85.3 cm³/mol. The summed E-state index contributed by atoms with van der Waals surface area (Å²) in [6.07, 6.45) is 9.64. The summed E-state index contributed by atoms with van der Waals surface area (Å²) in [6, 6.07) is 7.89. The van der Waals surface area contributed by atoms with E-state index in [1.807, 2.05) is 24.3 Å². The van der Waals surface area contributed by atoms with E-state index >= 15 is 0 Å². The molecule has 2 aliphatic carbocycles. The lowest BCUT2D eigenvalue weighted by atomic mass is 9.87. The summed E-state index contributed by atoms with van der Waals surface area (Å²) >= 11 is 5.99. The molecule has 2 fully saturated rings. The van der Waals surface area contributed by atoms with Gasteiger partial charge in [0.15, 0.2) is 0 Å². The van der Waals surface area contributed by atoms with Gasteiger partial charge >= 0.3 is 0 Å². The summed E-state index contributed by atoms with van der Waals surface area (Å²) in [5.41, 5.74) is 2.28. The van der Waals surface area contributed by atoms with Crippen molar-refractivity contribution in [2.75, 3.05) is 0 Å². The SMILES string of the molecule is Clc1ccc(C2=CCC[C@@H]3OC4(CCCCC4)OO[C@@H]23)cc1. The first-order valence-electron chi connectivity index (χ1n) is 8.24. The van der Waals surface area contributed by atoms with E-state index in [0.29, 0.717) is 0 Å². The van der Waals surface area contributed by atoms with Crippen LogP contribution in [0.1, 0.15) is 50.5 Å². The van der Waals surface area contributed by atoms with Gasteiger partial charge in [-0.05, 0) is 49.0 Å².